The molecular weight excluding hydrogens is 296 g/mol. The third kappa shape index (κ3) is 5.15. The molecule has 1 aromatic carbocycles. The van der Waals surface area contributed by atoms with Gasteiger partial charge >= 0.3 is 0 Å². The third-order valence-electron chi connectivity index (χ3n) is 3.42. The number of methoxy groups -OCH3 is 1. The summed E-state index contributed by atoms with van der Waals surface area (Å²) in [4.78, 5) is 23.6. The van der Waals surface area contributed by atoms with E-state index in [-0.39, 0.29) is 11.3 Å². The van der Waals surface area contributed by atoms with Gasteiger partial charge in [-0.15, -0.1) is 0 Å². The molecule has 1 aromatic heterocycles. The first-order valence-electron chi connectivity index (χ1n) is 7.63. The Balaban J connectivity index is 1.81. The van der Waals surface area contributed by atoms with E-state index in [0.717, 1.165) is 12.1 Å². The van der Waals surface area contributed by atoms with Crippen LogP contribution >= 0.6 is 0 Å². The molecule has 7 nitrogen and oxygen atoms in total. The molecule has 0 radical (unpaired) electrons. The van der Waals surface area contributed by atoms with E-state index in [9.17, 15) is 9.59 Å². The minimum Gasteiger partial charge on any atom is -0.383 e. The molecule has 0 unspecified atom stereocenters. The summed E-state index contributed by atoms with van der Waals surface area (Å²) in [5, 5.41) is 10.7. The topological polar surface area (TPSA) is 85.2 Å². The second kappa shape index (κ2) is 9.02. The predicted octanol–water partition coefficient (Wildman–Crippen LogP) is 0.139. The van der Waals surface area contributed by atoms with Gasteiger partial charge in [0.05, 0.1) is 24.9 Å². The van der Waals surface area contributed by atoms with Crippen molar-refractivity contribution in [3.05, 3.63) is 40.7 Å². The SMILES string of the molecule is COCCNCCNC(=O)CCn1ncc(=O)c2ccccc21. The number of carbonyl (C=O) groups is 1. The molecule has 1 heterocycles. The van der Waals surface area contributed by atoms with E-state index >= 15 is 0 Å². The van der Waals surface area contributed by atoms with Crippen molar-refractivity contribution in [2.75, 3.05) is 33.4 Å². The molecule has 2 rings (SSSR count). The van der Waals surface area contributed by atoms with Gasteiger partial charge in [-0.25, -0.2) is 0 Å². The van der Waals surface area contributed by atoms with Crippen LogP contribution in [0, 0.1) is 0 Å². The second-order valence-electron chi connectivity index (χ2n) is 5.09. The molecular formula is C16H22N4O3. The number of benzene rings is 1. The average molecular weight is 318 g/mol. The van der Waals surface area contributed by atoms with E-state index < -0.39 is 0 Å². The number of nitrogens with one attached hydrogen (secondary N) is 2. The fourth-order valence-corrected chi connectivity index (χ4v) is 2.22. The summed E-state index contributed by atoms with van der Waals surface area (Å²) in [7, 11) is 1.65. The highest BCUT2D eigenvalue weighted by Gasteiger charge is 2.06. The smallest absolute Gasteiger partial charge is 0.221 e. The average Bonchev–Trinajstić information content (AvgIpc) is 2.58. The van der Waals surface area contributed by atoms with E-state index in [2.05, 4.69) is 15.7 Å². The highest BCUT2D eigenvalue weighted by molar-refractivity contribution is 5.79. The van der Waals surface area contributed by atoms with E-state index in [1.807, 2.05) is 18.2 Å². The highest BCUT2D eigenvalue weighted by Crippen LogP contribution is 2.08. The lowest BCUT2D eigenvalue weighted by molar-refractivity contribution is -0.121. The summed E-state index contributed by atoms with van der Waals surface area (Å²) < 4.78 is 6.61. The Hall–Kier alpha value is -2.25. The van der Waals surface area contributed by atoms with Crippen LogP contribution in [-0.4, -0.2) is 49.0 Å². The lowest BCUT2D eigenvalue weighted by Crippen LogP contribution is -2.33. The maximum Gasteiger partial charge on any atom is 0.221 e. The van der Waals surface area contributed by atoms with E-state index in [0.29, 0.717) is 38.0 Å². The van der Waals surface area contributed by atoms with Crippen molar-refractivity contribution in [2.24, 2.45) is 0 Å². The van der Waals surface area contributed by atoms with Crippen molar-refractivity contribution >= 4 is 16.8 Å². The Labute approximate surface area is 134 Å². The molecule has 0 saturated heterocycles. The van der Waals surface area contributed by atoms with Crippen LogP contribution in [0.15, 0.2) is 35.3 Å². The molecule has 23 heavy (non-hydrogen) atoms. The molecule has 0 aliphatic rings. The fraction of sp³-hybridized carbons (Fsp3) is 0.438. The maximum absolute atomic E-state index is 11.8. The number of aromatic nitrogens is 2. The zero-order valence-corrected chi connectivity index (χ0v) is 13.2. The first kappa shape index (κ1) is 17.1. The van der Waals surface area contributed by atoms with Crippen LogP contribution in [0.1, 0.15) is 6.42 Å². The lowest BCUT2D eigenvalue weighted by Gasteiger charge is -2.10. The number of amides is 1. The van der Waals surface area contributed by atoms with Gasteiger partial charge in [-0.3, -0.25) is 14.3 Å². The summed E-state index contributed by atoms with van der Waals surface area (Å²) in [6.45, 7) is 3.12. The summed E-state index contributed by atoms with van der Waals surface area (Å²) in [6, 6.07) is 7.27. The standard InChI is InChI=1S/C16H22N4O3/c1-23-11-9-17-7-8-18-16(22)6-10-20-14-5-3-2-4-13(14)15(21)12-19-20/h2-5,12,17H,6-11H2,1H3,(H,18,22). The van der Waals surface area contributed by atoms with Crippen LogP contribution in [0.2, 0.25) is 0 Å². The summed E-state index contributed by atoms with van der Waals surface area (Å²) in [6.07, 6.45) is 1.61. The highest BCUT2D eigenvalue weighted by atomic mass is 16.5. The van der Waals surface area contributed by atoms with Crippen LogP contribution in [0.3, 0.4) is 0 Å². The van der Waals surface area contributed by atoms with Crippen LogP contribution < -0.4 is 16.1 Å². The van der Waals surface area contributed by atoms with Crippen LogP contribution in [-0.2, 0) is 16.1 Å². The predicted molar refractivity (Wildman–Crippen MR) is 88.4 cm³/mol. The summed E-state index contributed by atoms with van der Waals surface area (Å²) in [5.74, 6) is -0.0388. The molecule has 1 amide bonds. The molecule has 0 fully saturated rings. The van der Waals surface area contributed by atoms with Gasteiger partial charge in [0.25, 0.3) is 0 Å². The fourth-order valence-electron chi connectivity index (χ4n) is 2.22. The minimum absolute atomic E-state index is 0.0388. The van der Waals surface area contributed by atoms with Gasteiger partial charge in [0, 0.05) is 38.6 Å². The third-order valence-corrected chi connectivity index (χ3v) is 3.42. The van der Waals surface area contributed by atoms with Gasteiger partial charge in [-0.2, -0.15) is 5.10 Å². The van der Waals surface area contributed by atoms with Crippen LogP contribution in [0.4, 0.5) is 0 Å². The zero-order valence-electron chi connectivity index (χ0n) is 13.2. The van der Waals surface area contributed by atoms with Crippen LogP contribution in [0.5, 0.6) is 0 Å². The molecule has 0 aliphatic heterocycles. The number of hydrogen-bond donors (Lipinski definition) is 2. The molecule has 0 aliphatic carbocycles. The molecule has 7 heteroatoms. The molecule has 0 bridgehead atoms. The van der Waals surface area contributed by atoms with E-state index in [1.54, 1.807) is 17.9 Å². The van der Waals surface area contributed by atoms with Gasteiger partial charge in [-0.1, -0.05) is 12.1 Å². The quantitative estimate of drug-likeness (QED) is 0.642. The van der Waals surface area contributed by atoms with Crippen molar-refractivity contribution in [3.8, 4) is 0 Å². The normalized spacial score (nSPS) is 10.8. The first-order valence-corrected chi connectivity index (χ1v) is 7.63. The Kier molecular flexibility index (Phi) is 6.71. The van der Waals surface area contributed by atoms with Crippen molar-refractivity contribution in [3.63, 3.8) is 0 Å². The van der Waals surface area contributed by atoms with E-state index in [1.165, 1.54) is 6.20 Å². The van der Waals surface area contributed by atoms with Gasteiger partial charge in [0.15, 0.2) is 0 Å². The Morgan fingerprint density at radius 3 is 2.91 bits per heavy atom. The number of ether oxygens (including phenoxy) is 1. The number of rotatable bonds is 9. The molecule has 124 valence electrons. The van der Waals surface area contributed by atoms with Crippen molar-refractivity contribution in [1.82, 2.24) is 20.4 Å². The van der Waals surface area contributed by atoms with Crippen LogP contribution in [0.25, 0.3) is 10.9 Å². The largest absolute Gasteiger partial charge is 0.383 e. The van der Waals surface area contributed by atoms with Crippen molar-refractivity contribution in [1.29, 1.82) is 0 Å². The van der Waals surface area contributed by atoms with Crippen molar-refractivity contribution in [2.45, 2.75) is 13.0 Å². The van der Waals surface area contributed by atoms with Gasteiger partial charge in [-0.05, 0) is 12.1 Å². The monoisotopic (exact) mass is 318 g/mol. The van der Waals surface area contributed by atoms with E-state index in [4.69, 9.17) is 4.74 Å². The lowest BCUT2D eigenvalue weighted by atomic mass is 10.2. The van der Waals surface area contributed by atoms with Gasteiger partial charge < -0.3 is 15.4 Å². The number of para-hydroxylation sites is 1. The van der Waals surface area contributed by atoms with Gasteiger partial charge in [0.1, 0.15) is 0 Å². The number of fused-ring (bicyclic) bond motifs is 1. The maximum atomic E-state index is 11.8. The molecule has 0 atom stereocenters. The Morgan fingerprint density at radius 2 is 2.09 bits per heavy atom. The number of hydrogen-bond acceptors (Lipinski definition) is 5. The number of nitrogens with zero attached hydrogens (tertiary/aromatic N) is 2. The summed E-state index contributed by atoms with van der Waals surface area (Å²) in [5.41, 5.74) is 0.637. The molecule has 2 aromatic rings. The second-order valence-corrected chi connectivity index (χ2v) is 5.09. The molecule has 0 saturated carbocycles. The van der Waals surface area contributed by atoms with Crippen molar-refractivity contribution < 1.29 is 9.53 Å². The Bertz CT molecular complexity index is 699. The number of carbonyl (C=O) groups excluding carboxylic acids is 1. The minimum atomic E-state index is -0.108. The molecule has 0 spiro atoms. The van der Waals surface area contributed by atoms with Gasteiger partial charge in [0.2, 0.25) is 11.3 Å². The zero-order chi connectivity index (χ0) is 16.5. The molecule has 2 N–H and O–H groups in total. The summed E-state index contributed by atoms with van der Waals surface area (Å²) >= 11 is 0. The number of aryl methyl sites for hydroxylation is 1. The Morgan fingerprint density at radius 1 is 1.26 bits per heavy atom. The first-order chi connectivity index (χ1) is 11.2.